The van der Waals surface area contributed by atoms with Gasteiger partial charge in [-0.2, -0.15) is 0 Å². The Morgan fingerprint density at radius 1 is 1.42 bits per heavy atom. The Labute approximate surface area is 76.5 Å². The number of unbranched alkanes of at least 4 members (excludes halogenated alkanes) is 1. The van der Waals surface area contributed by atoms with Crippen LogP contribution in [0.3, 0.4) is 0 Å². The molecule has 0 spiro atoms. The Kier molecular flexibility index (Phi) is 5.52. The van der Waals surface area contributed by atoms with Gasteiger partial charge >= 0.3 is 0 Å². The molecule has 0 radical (unpaired) electrons. The van der Waals surface area contributed by atoms with E-state index < -0.39 is 10.1 Å². The van der Waals surface area contributed by atoms with Crippen LogP contribution in [0.15, 0.2) is 0 Å². The van der Waals surface area contributed by atoms with Gasteiger partial charge in [0.25, 0.3) is 0 Å². The molecule has 4 nitrogen and oxygen atoms in total. The topological polar surface area (TPSA) is 74.3 Å². The smallest absolute Gasteiger partial charge is 0.185 e. The van der Waals surface area contributed by atoms with Crippen molar-refractivity contribution in [2.75, 3.05) is 11.5 Å². The SMILES string of the molecule is CC(=O)SCCCCS(=O)(=O)[O-]. The summed E-state index contributed by atoms with van der Waals surface area (Å²) in [7, 11) is -4.07. The minimum atomic E-state index is -4.07. The van der Waals surface area contributed by atoms with Gasteiger partial charge in [-0.25, -0.2) is 8.42 Å². The van der Waals surface area contributed by atoms with Gasteiger partial charge in [0.15, 0.2) is 5.12 Å². The van der Waals surface area contributed by atoms with E-state index in [1.165, 1.54) is 6.92 Å². The molecule has 0 saturated heterocycles. The maximum absolute atomic E-state index is 10.4. The molecule has 0 aliphatic heterocycles. The molecule has 0 aromatic heterocycles. The molecule has 0 heterocycles. The Morgan fingerprint density at radius 2 is 2.00 bits per heavy atom. The van der Waals surface area contributed by atoms with Crippen molar-refractivity contribution < 1.29 is 17.8 Å². The van der Waals surface area contributed by atoms with Crippen molar-refractivity contribution >= 4 is 27.0 Å². The van der Waals surface area contributed by atoms with Gasteiger partial charge in [0, 0.05) is 18.4 Å². The normalized spacial score (nSPS) is 11.5. The second-order valence-corrected chi connectivity index (χ2v) is 5.10. The number of rotatable bonds is 5. The summed E-state index contributed by atoms with van der Waals surface area (Å²) in [4.78, 5) is 10.4. The Bertz CT molecular complexity index is 232. The number of thioether (sulfide) groups is 1. The zero-order chi connectivity index (χ0) is 9.61. The maximum Gasteiger partial charge on any atom is 0.185 e. The van der Waals surface area contributed by atoms with Crippen molar-refractivity contribution in [2.45, 2.75) is 19.8 Å². The molecule has 0 saturated carbocycles. The van der Waals surface area contributed by atoms with Crippen molar-refractivity contribution in [1.82, 2.24) is 0 Å². The summed E-state index contributed by atoms with van der Waals surface area (Å²) in [6, 6.07) is 0. The fourth-order valence-corrected chi connectivity index (χ4v) is 1.79. The number of hydrogen-bond acceptors (Lipinski definition) is 5. The first-order valence-corrected chi connectivity index (χ1v) is 6.05. The van der Waals surface area contributed by atoms with E-state index in [0.29, 0.717) is 18.6 Å². The fraction of sp³-hybridized carbons (Fsp3) is 0.833. The van der Waals surface area contributed by atoms with Crippen molar-refractivity contribution in [1.29, 1.82) is 0 Å². The van der Waals surface area contributed by atoms with Crippen molar-refractivity contribution in [3.63, 3.8) is 0 Å². The predicted molar refractivity (Wildman–Crippen MR) is 46.9 cm³/mol. The largest absolute Gasteiger partial charge is 0.748 e. The quantitative estimate of drug-likeness (QED) is 0.491. The molecule has 72 valence electrons. The first-order chi connectivity index (χ1) is 5.42. The highest BCUT2D eigenvalue weighted by molar-refractivity contribution is 8.13. The summed E-state index contributed by atoms with van der Waals surface area (Å²) >= 11 is 1.15. The Balaban J connectivity index is 3.29. The Morgan fingerprint density at radius 3 is 2.42 bits per heavy atom. The molecule has 0 fully saturated rings. The van der Waals surface area contributed by atoms with Crippen LogP contribution in [0.5, 0.6) is 0 Å². The minimum absolute atomic E-state index is 0.0139. The Hall–Kier alpha value is -0.0700. The van der Waals surface area contributed by atoms with E-state index in [4.69, 9.17) is 0 Å². The molecule has 0 bridgehead atoms. The summed E-state index contributed by atoms with van der Waals surface area (Å²) in [6.07, 6.45) is 0.928. The first-order valence-electron chi connectivity index (χ1n) is 3.49. The summed E-state index contributed by atoms with van der Waals surface area (Å²) in [5.74, 6) is 0.260. The van der Waals surface area contributed by atoms with E-state index in [0.717, 1.165) is 11.8 Å². The lowest BCUT2D eigenvalue weighted by Crippen LogP contribution is -2.04. The van der Waals surface area contributed by atoms with Gasteiger partial charge in [0.05, 0.1) is 10.1 Å². The molecular formula is C6H11O4S2-. The maximum atomic E-state index is 10.4. The summed E-state index contributed by atoms with van der Waals surface area (Å²) in [6.45, 7) is 1.45. The van der Waals surface area contributed by atoms with Gasteiger partial charge < -0.3 is 4.55 Å². The van der Waals surface area contributed by atoms with Crippen LogP contribution in [0.1, 0.15) is 19.8 Å². The average molecular weight is 211 g/mol. The van der Waals surface area contributed by atoms with E-state index >= 15 is 0 Å². The second kappa shape index (κ2) is 5.55. The average Bonchev–Trinajstić information content (AvgIpc) is 1.83. The summed E-state index contributed by atoms with van der Waals surface area (Å²) in [5.41, 5.74) is 0. The molecule has 0 aliphatic rings. The van der Waals surface area contributed by atoms with Crippen LogP contribution in [-0.2, 0) is 14.9 Å². The van der Waals surface area contributed by atoms with Gasteiger partial charge in [-0.05, 0) is 12.8 Å². The van der Waals surface area contributed by atoms with E-state index in [2.05, 4.69) is 0 Å². The summed E-state index contributed by atoms with van der Waals surface area (Å²) < 4.78 is 30.3. The molecule has 0 rings (SSSR count). The third-order valence-corrected chi connectivity index (χ3v) is 2.78. The van der Waals surface area contributed by atoms with Crippen molar-refractivity contribution in [3.05, 3.63) is 0 Å². The highest BCUT2D eigenvalue weighted by atomic mass is 32.2. The molecule has 0 N–H and O–H groups in total. The lowest BCUT2D eigenvalue weighted by Gasteiger charge is -2.04. The van der Waals surface area contributed by atoms with Gasteiger partial charge in [-0.3, -0.25) is 4.79 Å². The molecule has 0 atom stereocenters. The third-order valence-electron chi connectivity index (χ3n) is 1.09. The van der Waals surface area contributed by atoms with Crippen LogP contribution < -0.4 is 0 Å². The molecule has 0 aliphatic carbocycles. The van der Waals surface area contributed by atoms with Gasteiger partial charge in [0.2, 0.25) is 0 Å². The number of hydrogen-bond donors (Lipinski definition) is 0. The first kappa shape index (κ1) is 11.9. The van der Waals surface area contributed by atoms with Crippen LogP contribution in [0.4, 0.5) is 0 Å². The molecule has 0 unspecified atom stereocenters. The van der Waals surface area contributed by atoms with Crippen LogP contribution >= 0.6 is 11.8 Å². The fourth-order valence-electron chi connectivity index (χ4n) is 0.597. The van der Waals surface area contributed by atoms with E-state index in [1.54, 1.807) is 0 Å². The highest BCUT2D eigenvalue weighted by Crippen LogP contribution is 2.05. The van der Waals surface area contributed by atoms with Gasteiger partial charge in [-0.1, -0.05) is 11.8 Å². The van der Waals surface area contributed by atoms with E-state index in [1.807, 2.05) is 0 Å². The zero-order valence-corrected chi connectivity index (χ0v) is 8.41. The summed E-state index contributed by atoms with van der Waals surface area (Å²) in [5, 5.41) is 0.0139. The van der Waals surface area contributed by atoms with Gasteiger partial charge in [0.1, 0.15) is 0 Å². The standard InChI is InChI=1S/C6H12O4S2/c1-6(7)11-4-2-3-5-12(8,9)10/h2-5H2,1H3,(H,8,9,10)/p-1. The monoisotopic (exact) mass is 211 g/mol. The third kappa shape index (κ3) is 9.93. The van der Waals surface area contributed by atoms with E-state index in [9.17, 15) is 17.8 Å². The highest BCUT2D eigenvalue weighted by Gasteiger charge is 1.97. The number of carbonyl (C=O) groups excluding carboxylic acids is 1. The second-order valence-electron chi connectivity index (χ2n) is 2.31. The molecule has 0 aromatic rings. The van der Waals surface area contributed by atoms with E-state index in [-0.39, 0.29) is 10.9 Å². The molecule has 6 heteroatoms. The minimum Gasteiger partial charge on any atom is -0.748 e. The zero-order valence-electron chi connectivity index (χ0n) is 6.78. The predicted octanol–water partition coefficient (Wildman–Crippen LogP) is 0.592. The lowest BCUT2D eigenvalue weighted by atomic mass is 10.4. The molecule has 0 aromatic carbocycles. The molecular weight excluding hydrogens is 200 g/mol. The van der Waals surface area contributed by atoms with Crippen LogP contribution in [-0.4, -0.2) is 29.6 Å². The van der Waals surface area contributed by atoms with Crippen LogP contribution in [0, 0.1) is 0 Å². The molecule has 0 amide bonds. The molecule has 12 heavy (non-hydrogen) atoms. The van der Waals surface area contributed by atoms with Gasteiger partial charge in [-0.15, -0.1) is 0 Å². The van der Waals surface area contributed by atoms with Crippen LogP contribution in [0.25, 0.3) is 0 Å². The van der Waals surface area contributed by atoms with Crippen molar-refractivity contribution in [2.24, 2.45) is 0 Å². The number of carbonyl (C=O) groups is 1. The van der Waals surface area contributed by atoms with Crippen molar-refractivity contribution in [3.8, 4) is 0 Å². The lowest BCUT2D eigenvalue weighted by molar-refractivity contribution is -0.109. The van der Waals surface area contributed by atoms with Crippen LogP contribution in [0.2, 0.25) is 0 Å².